The number of amides is 1. The largest absolute Gasteiger partial charge is 0.353 e. The quantitative estimate of drug-likeness (QED) is 0.0294. The molecule has 0 aliphatic carbocycles. The highest BCUT2D eigenvalue weighted by Gasteiger charge is 2.19. The number of anilines is 6. The number of halogens is 1. The van der Waals surface area contributed by atoms with Crippen LogP contribution in [0, 0.1) is 0 Å². The number of nitrogens with zero attached hydrogens (tertiary/aromatic N) is 6. The van der Waals surface area contributed by atoms with Crippen LogP contribution in [0.15, 0.2) is 107 Å². The van der Waals surface area contributed by atoms with Gasteiger partial charge in [0.25, 0.3) is 26.1 Å². The Kier molecular flexibility index (Phi) is 15.0. The van der Waals surface area contributed by atoms with Crippen LogP contribution in [0.5, 0.6) is 0 Å². The molecule has 6 rings (SSSR count). The van der Waals surface area contributed by atoms with Crippen molar-refractivity contribution in [1.82, 2.24) is 35.2 Å². The minimum absolute atomic E-state index is 0.0119. The van der Waals surface area contributed by atoms with Gasteiger partial charge in [-0.3, -0.25) is 13.9 Å². The standard InChI is InChI=1S/C41H43FN12O7S2/c1-26(42)37(55)44-20-21-46-39-52-40(47-31-10-6-3-7-11-31)54-41(53-39)48-32-17-16-30(34(25-32)63(59,60)61)15-14-29-13-12-28(22-33(29)62(56,57)58)24-36-49-35(23-27-8-4-2-5-9-27)50-38(51-36)45-19-18-43/h2-17,22,25-26H,18-21,23-24,43H2,1H3,(H,44,55)(H,56,57,58)(H,59,60,61)(H,45,49,50,51)(H3,46,47,48,52,53,54)/b15-14+/i42-1. The number of benzene rings is 4. The zero-order valence-electron chi connectivity index (χ0n) is 33.6. The van der Waals surface area contributed by atoms with Gasteiger partial charge in [0, 0.05) is 50.4 Å². The smallest absolute Gasteiger partial charge is 0.295 e. The van der Waals surface area contributed by atoms with Gasteiger partial charge in [-0.1, -0.05) is 78.9 Å². The zero-order chi connectivity index (χ0) is 45.0. The first-order chi connectivity index (χ1) is 30.1. The highest BCUT2D eigenvalue weighted by molar-refractivity contribution is 7.86. The molecule has 1 amide bonds. The van der Waals surface area contributed by atoms with Gasteiger partial charge in [0.2, 0.25) is 23.8 Å². The number of hydrogen-bond donors (Lipinski definition) is 8. The number of rotatable bonds is 20. The lowest BCUT2D eigenvalue weighted by atomic mass is 10.1. The SMILES string of the molecule is CC([18F])C(=O)NCCNc1nc(Nc2ccccc2)nc(Nc2ccc(/C=C/c3ccc(Cc4nc(Cc5ccccc5)nc(NCCN)n4)cc3S(=O)(=O)O)c(S(=O)(=O)O)c2)n1. The van der Waals surface area contributed by atoms with Crippen LogP contribution in [0.4, 0.5) is 39.6 Å². The molecule has 9 N–H and O–H groups in total. The van der Waals surface area contributed by atoms with Crippen molar-refractivity contribution >= 4 is 73.5 Å². The molecule has 0 bridgehead atoms. The predicted molar refractivity (Wildman–Crippen MR) is 236 cm³/mol. The van der Waals surface area contributed by atoms with E-state index in [1.54, 1.807) is 30.3 Å². The van der Waals surface area contributed by atoms with E-state index in [4.69, 9.17) is 5.73 Å². The molecule has 4 aromatic carbocycles. The molecule has 2 aromatic heterocycles. The third-order valence-corrected chi connectivity index (χ3v) is 10.6. The predicted octanol–water partition coefficient (Wildman–Crippen LogP) is 4.65. The number of hydrogen-bond acceptors (Lipinski definition) is 16. The second kappa shape index (κ2) is 20.7. The molecule has 0 saturated carbocycles. The van der Waals surface area contributed by atoms with E-state index in [-0.39, 0.29) is 54.2 Å². The maximum absolute atomic E-state index is 13.3. The van der Waals surface area contributed by atoms with Gasteiger partial charge in [-0.05, 0) is 59.5 Å². The minimum atomic E-state index is -4.88. The second-order valence-electron chi connectivity index (χ2n) is 13.7. The summed E-state index contributed by atoms with van der Waals surface area (Å²) in [6.45, 7) is 2.02. The lowest BCUT2D eigenvalue weighted by Crippen LogP contribution is -2.34. The van der Waals surface area contributed by atoms with Crippen LogP contribution in [0.2, 0.25) is 0 Å². The van der Waals surface area contributed by atoms with E-state index < -0.39 is 42.1 Å². The van der Waals surface area contributed by atoms with Gasteiger partial charge >= 0.3 is 0 Å². The van der Waals surface area contributed by atoms with Crippen LogP contribution in [0.1, 0.15) is 40.8 Å². The summed E-state index contributed by atoms with van der Waals surface area (Å²) in [5, 5.41) is 14.3. The number of aromatic nitrogens is 6. The first kappa shape index (κ1) is 45.5. The molecule has 0 spiro atoms. The van der Waals surface area contributed by atoms with Crippen LogP contribution in [0.3, 0.4) is 0 Å². The van der Waals surface area contributed by atoms with Crippen molar-refractivity contribution in [3.05, 3.63) is 131 Å². The molecule has 0 fully saturated rings. The topological polar surface area (TPSA) is 289 Å². The molecule has 0 saturated heterocycles. The maximum atomic E-state index is 13.3. The van der Waals surface area contributed by atoms with Crippen LogP contribution in [-0.2, 0) is 37.9 Å². The molecule has 2 heterocycles. The van der Waals surface area contributed by atoms with Gasteiger partial charge in [0.15, 0.2) is 6.17 Å². The molecule has 328 valence electrons. The van der Waals surface area contributed by atoms with E-state index in [0.717, 1.165) is 18.6 Å². The highest BCUT2D eigenvalue weighted by Crippen LogP contribution is 2.27. The van der Waals surface area contributed by atoms with Crippen LogP contribution in [-0.4, -0.2) is 94.1 Å². The fraction of sp³-hybridized carbons (Fsp3) is 0.195. The van der Waals surface area contributed by atoms with E-state index in [2.05, 4.69) is 56.5 Å². The van der Waals surface area contributed by atoms with E-state index in [1.807, 2.05) is 36.4 Å². The van der Waals surface area contributed by atoms with Gasteiger partial charge < -0.3 is 32.3 Å². The van der Waals surface area contributed by atoms with Gasteiger partial charge in [0.1, 0.15) is 21.4 Å². The average Bonchev–Trinajstić information content (AvgIpc) is 3.24. The summed E-state index contributed by atoms with van der Waals surface area (Å²) in [4.78, 5) is 37.2. The average molecular weight is 898 g/mol. The Hall–Kier alpha value is -6.98. The number of para-hydroxylation sites is 1. The normalized spacial score (nSPS) is 12.1. The molecule has 0 aliphatic heterocycles. The van der Waals surface area contributed by atoms with Crippen molar-refractivity contribution in [2.24, 2.45) is 5.73 Å². The Labute approximate surface area is 362 Å². The molecule has 22 heteroatoms. The van der Waals surface area contributed by atoms with Gasteiger partial charge in [-0.15, -0.1) is 0 Å². The third-order valence-electron chi connectivity index (χ3n) is 8.80. The molecular formula is C41H43FN12O7S2. The second-order valence-corrected chi connectivity index (χ2v) is 16.5. The lowest BCUT2D eigenvalue weighted by molar-refractivity contribution is -0.125. The van der Waals surface area contributed by atoms with Gasteiger partial charge in [-0.25, -0.2) is 9.37 Å². The van der Waals surface area contributed by atoms with Gasteiger partial charge in [-0.2, -0.15) is 41.8 Å². The van der Waals surface area contributed by atoms with E-state index in [0.29, 0.717) is 48.4 Å². The van der Waals surface area contributed by atoms with Crippen LogP contribution in [0.25, 0.3) is 12.2 Å². The molecule has 1 atom stereocenters. The Bertz CT molecular complexity index is 2810. The van der Waals surface area contributed by atoms with Gasteiger partial charge in [0.05, 0.1) is 0 Å². The Balaban J connectivity index is 1.25. The summed E-state index contributed by atoms with van der Waals surface area (Å²) >= 11 is 0. The van der Waals surface area contributed by atoms with E-state index in [9.17, 15) is 35.1 Å². The fourth-order valence-electron chi connectivity index (χ4n) is 5.90. The van der Waals surface area contributed by atoms with E-state index >= 15 is 0 Å². The number of carbonyl (C=O) groups excluding carboxylic acids is 1. The third kappa shape index (κ3) is 13.5. The van der Waals surface area contributed by atoms with Crippen molar-refractivity contribution in [1.29, 1.82) is 0 Å². The number of nitrogens with one attached hydrogen (secondary N) is 5. The first-order valence-corrected chi connectivity index (χ1v) is 22.1. The summed E-state index contributed by atoms with van der Waals surface area (Å²) in [6.07, 6.45) is 1.33. The number of carbonyl (C=O) groups is 1. The molecule has 0 radical (unpaired) electrons. The fourth-order valence-corrected chi connectivity index (χ4v) is 7.34. The van der Waals surface area contributed by atoms with Crippen LogP contribution < -0.4 is 32.3 Å². The van der Waals surface area contributed by atoms with E-state index in [1.165, 1.54) is 36.4 Å². The Morgan fingerprint density at radius 1 is 0.635 bits per heavy atom. The molecular weight excluding hydrogens is 855 g/mol. The molecule has 63 heavy (non-hydrogen) atoms. The van der Waals surface area contributed by atoms with Crippen molar-refractivity contribution in [2.45, 2.75) is 35.7 Å². The lowest BCUT2D eigenvalue weighted by Gasteiger charge is -2.13. The summed E-state index contributed by atoms with van der Waals surface area (Å²) in [6, 6.07) is 26.8. The van der Waals surface area contributed by atoms with Crippen molar-refractivity contribution in [2.75, 3.05) is 47.4 Å². The highest BCUT2D eigenvalue weighted by atomic mass is 32.2. The summed E-state index contributed by atoms with van der Waals surface area (Å²) in [5.74, 6) is 0.403. The maximum Gasteiger partial charge on any atom is 0.295 e. The molecule has 6 aromatic rings. The van der Waals surface area contributed by atoms with Crippen molar-refractivity contribution in [3.8, 4) is 0 Å². The monoisotopic (exact) mass is 897 g/mol. The first-order valence-electron chi connectivity index (χ1n) is 19.3. The van der Waals surface area contributed by atoms with Crippen LogP contribution >= 0.6 is 0 Å². The zero-order valence-corrected chi connectivity index (χ0v) is 35.2. The molecule has 0 aliphatic rings. The Morgan fingerprint density at radius 2 is 1.16 bits per heavy atom. The number of nitrogens with two attached hydrogens (primary N) is 1. The van der Waals surface area contributed by atoms with Crippen molar-refractivity contribution < 1.29 is 35.1 Å². The minimum Gasteiger partial charge on any atom is -0.353 e. The summed E-state index contributed by atoms with van der Waals surface area (Å²) in [5.41, 5.74) is 7.82. The molecule has 19 nitrogen and oxygen atoms in total. The number of alkyl halides is 1. The summed E-state index contributed by atoms with van der Waals surface area (Å²) < 4.78 is 84.5. The Morgan fingerprint density at radius 3 is 1.76 bits per heavy atom. The summed E-state index contributed by atoms with van der Waals surface area (Å²) in [7, 11) is -9.69. The molecule has 1 unspecified atom stereocenters. The van der Waals surface area contributed by atoms with Crippen molar-refractivity contribution in [3.63, 3.8) is 0 Å².